The number of nitrogens with one attached hydrogen (secondary N) is 1. The molecule has 0 fully saturated rings. The number of rotatable bonds is 4. The molecular formula is C14H17N5O. The number of aryl methyl sites for hydroxylation is 1. The van der Waals surface area contributed by atoms with Crippen molar-refractivity contribution in [2.24, 2.45) is 13.0 Å². The van der Waals surface area contributed by atoms with E-state index >= 15 is 0 Å². The van der Waals surface area contributed by atoms with E-state index < -0.39 is 0 Å². The molecule has 1 aliphatic carbocycles. The molecule has 2 aromatic heterocycles. The van der Waals surface area contributed by atoms with Crippen molar-refractivity contribution in [1.29, 1.82) is 0 Å². The first-order valence-corrected chi connectivity index (χ1v) is 6.64. The number of aromatic nitrogens is 4. The minimum atomic E-state index is 0.194. The van der Waals surface area contributed by atoms with Gasteiger partial charge in [0.2, 0.25) is 0 Å². The Morgan fingerprint density at radius 3 is 2.80 bits per heavy atom. The second-order valence-corrected chi connectivity index (χ2v) is 4.96. The van der Waals surface area contributed by atoms with Crippen LogP contribution in [-0.4, -0.2) is 37.7 Å². The Kier molecular flexibility index (Phi) is 3.47. The second-order valence-electron chi connectivity index (χ2n) is 4.96. The predicted molar refractivity (Wildman–Crippen MR) is 76.0 cm³/mol. The van der Waals surface area contributed by atoms with Crippen LogP contribution in [0.1, 0.15) is 6.42 Å². The molecule has 0 saturated heterocycles. The number of hydrogen-bond donors (Lipinski definition) is 2. The molecule has 2 heterocycles. The summed E-state index contributed by atoms with van der Waals surface area (Å²) in [7, 11) is 1.88. The zero-order valence-corrected chi connectivity index (χ0v) is 11.3. The first-order valence-electron chi connectivity index (χ1n) is 6.64. The maximum Gasteiger partial charge on any atom is 0.149 e. The summed E-state index contributed by atoms with van der Waals surface area (Å²) in [4.78, 5) is 0. The Bertz CT molecular complexity index is 604. The second kappa shape index (κ2) is 5.42. The van der Waals surface area contributed by atoms with E-state index in [2.05, 4.69) is 26.7 Å². The zero-order chi connectivity index (χ0) is 13.9. The SMILES string of the molecule is Cn1nccc1-c1ccc(N[C@@H]2C=C[C@H](CO)C2)nn1. The van der Waals surface area contributed by atoms with Gasteiger partial charge in [-0.05, 0) is 24.6 Å². The summed E-state index contributed by atoms with van der Waals surface area (Å²) < 4.78 is 1.77. The summed E-state index contributed by atoms with van der Waals surface area (Å²) in [5.74, 6) is 0.985. The summed E-state index contributed by atoms with van der Waals surface area (Å²) in [5.41, 5.74) is 1.73. The number of anilines is 1. The van der Waals surface area contributed by atoms with Gasteiger partial charge in [-0.2, -0.15) is 5.10 Å². The summed E-state index contributed by atoms with van der Waals surface area (Å²) in [6, 6.07) is 5.95. The molecule has 0 radical (unpaired) electrons. The third kappa shape index (κ3) is 2.55. The molecule has 2 atom stereocenters. The van der Waals surface area contributed by atoms with E-state index in [0.717, 1.165) is 23.6 Å². The van der Waals surface area contributed by atoms with E-state index in [-0.39, 0.29) is 18.6 Å². The molecule has 3 rings (SSSR count). The number of hydrogen-bond acceptors (Lipinski definition) is 5. The van der Waals surface area contributed by atoms with E-state index in [4.69, 9.17) is 5.11 Å². The average molecular weight is 271 g/mol. The lowest BCUT2D eigenvalue weighted by Gasteiger charge is -2.12. The van der Waals surface area contributed by atoms with Crippen molar-refractivity contribution in [1.82, 2.24) is 20.0 Å². The van der Waals surface area contributed by atoms with Crippen LogP contribution in [0.15, 0.2) is 36.5 Å². The fourth-order valence-corrected chi connectivity index (χ4v) is 2.38. The van der Waals surface area contributed by atoms with Crippen LogP contribution in [0.4, 0.5) is 5.82 Å². The Balaban J connectivity index is 1.68. The van der Waals surface area contributed by atoms with Crippen LogP contribution in [0.3, 0.4) is 0 Å². The van der Waals surface area contributed by atoms with Crippen molar-refractivity contribution in [3.63, 3.8) is 0 Å². The van der Waals surface area contributed by atoms with Gasteiger partial charge in [0.15, 0.2) is 0 Å². The smallest absolute Gasteiger partial charge is 0.149 e. The highest BCUT2D eigenvalue weighted by molar-refractivity contribution is 5.55. The van der Waals surface area contributed by atoms with Crippen molar-refractivity contribution in [2.75, 3.05) is 11.9 Å². The highest BCUT2D eigenvalue weighted by atomic mass is 16.3. The van der Waals surface area contributed by atoms with Gasteiger partial charge in [-0.3, -0.25) is 4.68 Å². The van der Waals surface area contributed by atoms with Crippen molar-refractivity contribution < 1.29 is 5.11 Å². The van der Waals surface area contributed by atoms with Crippen LogP contribution < -0.4 is 5.32 Å². The zero-order valence-electron chi connectivity index (χ0n) is 11.3. The predicted octanol–water partition coefficient (Wildman–Crippen LogP) is 1.23. The third-order valence-electron chi connectivity index (χ3n) is 3.49. The van der Waals surface area contributed by atoms with Crippen molar-refractivity contribution in [3.8, 4) is 11.4 Å². The molecule has 6 heteroatoms. The van der Waals surface area contributed by atoms with Crippen LogP contribution in [0.2, 0.25) is 0 Å². The van der Waals surface area contributed by atoms with E-state index in [1.165, 1.54) is 0 Å². The fraction of sp³-hybridized carbons (Fsp3) is 0.357. The van der Waals surface area contributed by atoms with Crippen LogP contribution >= 0.6 is 0 Å². The monoisotopic (exact) mass is 271 g/mol. The maximum atomic E-state index is 9.10. The standard InChI is InChI=1S/C14H17N5O/c1-19-13(6-7-15-19)12-4-5-14(18-17-12)16-11-3-2-10(8-11)9-20/h2-7,10-11,20H,8-9H2,1H3,(H,16,18)/t10-,11+/m0/s1. The number of aliphatic hydroxyl groups excluding tert-OH is 1. The molecule has 0 unspecified atom stereocenters. The third-order valence-corrected chi connectivity index (χ3v) is 3.49. The molecule has 6 nitrogen and oxygen atoms in total. The number of aliphatic hydroxyl groups is 1. The lowest BCUT2D eigenvalue weighted by Crippen LogP contribution is -2.17. The minimum Gasteiger partial charge on any atom is -0.396 e. The first kappa shape index (κ1) is 12.8. The molecule has 0 saturated carbocycles. The van der Waals surface area contributed by atoms with E-state index in [1.54, 1.807) is 10.9 Å². The Hall–Kier alpha value is -2.21. The topological polar surface area (TPSA) is 75.9 Å². The highest BCUT2D eigenvalue weighted by Crippen LogP contribution is 2.21. The van der Waals surface area contributed by atoms with Gasteiger partial charge >= 0.3 is 0 Å². The van der Waals surface area contributed by atoms with Crippen molar-refractivity contribution >= 4 is 5.82 Å². The van der Waals surface area contributed by atoms with Crippen molar-refractivity contribution in [2.45, 2.75) is 12.5 Å². The molecule has 0 amide bonds. The summed E-state index contributed by atoms with van der Waals surface area (Å²) >= 11 is 0. The molecule has 2 aromatic rings. The van der Waals surface area contributed by atoms with E-state index in [0.29, 0.717) is 0 Å². The Morgan fingerprint density at radius 1 is 1.30 bits per heavy atom. The van der Waals surface area contributed by atoms with Crippen LogP contribution in [0, 0.1) is 5.92 Å². The van der Waals surface area contributed by atoms with E-state index in [9.17, 15) is 0 Å². The maximum absolute atomic E-state index is 9.10. The van der Waals surface area contributed by atoms with Gasteiger partial charge in [0, 0.05) is 31.8 Å². The van der Waals surface area contributed by atoms with Gasteiger partial charge < -0.3 is 10.4 Å². The molecule has 1 aliphatic rings. The van der Waals surface area contributed by atoms with Crippen LogP contribution in [-0.2, 0) is 7.05 Å². The molecule has 0 aliphatic heterocycles. The summed E-state index contributed by atoms with van der Waals surface area (Å²) in [6.07, 6.45) is 6.73. The van der Waals surface area contributed by atoms with Crippen LogP contribution in [0.25, 0.3) is 11.4 Å². The van der Waals surface area contributed by atoms with Gasteiger partial charge in [0.25, 0.3) is 0 Å². The lowest BCUT2D eigenvalue weighted by atomic mass is 10.1. The van der Waals surface area contributed by atoms with Crippen LogP contribution in [0.5, 0.6) is 0 Å². The first-order chi connectivity index (χ1) is 9.76. The number of nitrogens with zero attached hydrogens (tertiary/aromatic N) is 4. The molecular weight excluding hydrogens is 254 g/mol. The van der Waals surface area contributed by atoms with E-state index in [1.807, 2.05) is 31.3 Å². The average Bonchev–Trinajstić information content (AvgIpc) is 3.09. The molecule has 20 heavy (non-hydrogen) atoms. The van der Waals surface area contributed by atoms with Gasteiger partial charge in [-0.15, -0.1) is 10.2 Å². The molecule has 104 valence electrons. The van der Waals surface area contributed by atoms with Gasteiger partial charge in [-0.1, -0.05) is 12.2 Å². The van der Waals surface area contributed by atoms with Gasteiger partial charge in [-0.25, -0.2) is 0 Å². The quantitative estimate of drug-likeness (QED) is 0.818. The van der Waals surface area contributed by atoms with Gasteiger partial charge in [0.1, 0.15) is 11.5 Å². The Labute approximate surface area is 117 Å². The molecule has 0 aromatic carbocycles. The van der Waals surface area contributed by atoms with Crippen molar-refractivity contribution in [3.05, 3.63) is 36.5 Å². The molecule has 0 bridgehead atoms. The summed E-state index contributed by atoms with van der Waals surface area (Å²) in [5, 5.41) is 24.9. The Morgan fingerprint density at radius 2 is 2.20 bits per heavy atom. The molecule has 2 N–H and O–H groups in total. The largest absolute Gasteiger partial charge is 0.396 e. The van der Waals surface area contributed by atoms with Gasteiger partial charge in [0.05, 0.1) is 5.69 Å². The minimum absolute atomic E-state index is 0.194. The fourth-order valence-electron chi connectivity index (χ4n) is 2.38. The lowest BCUT2D eigenvalue weighted by molar-refractivity contribution is 0.250. The summed E-state index contributed by atoms with van der Waals surface area (Å²) in [6.45, 7) is 0.194. The highest BCUT2D eigenvalue weighted by Gasteiger charge is 2.18. The molecule has 0 spiro atoms. The normalized spacial score (nSPS) is 21.3.